The highest BCUT2D eigenvalue weighted by molar-refractivity contribution is 9.10. The predicted molar refractivity (Wildman–Crippen MR) is 113 cm³/mol. The Bertz CT molecular complexity index is 957. The van der Waals surface area contributed by atoms with Crippen LogP contribution in [0.15, 0.2) is 57.9 Å². The maximum absolute atomic E-state index is 12.5. The number of esters is 1. The quantitative estimate of drug-likeness (QED) is 0.437. The van der Waals surface area contributed by atoms with Gasteiger partial charge in [-0.1, -0.05) is 26.0 Å². The summed E-state index contributed by atoms with van der Waals surface area (Å²) >= 11 is 3.28. The van der Waals surface area contributed by atoms with Crippen molar-refractivity contribution in [2.24, 2.45) is 0 Å². The molecule has 0 aliphatic rings. The Balaban J connectivity index is 1.88. The van der Waals surface area contributed by atoms with E-state index in [4.69, 9.17) is 4.74 Å². The van der Waals surface area contributed by atoms with Gasteiger partial charge >= 0.3 is 5.97 Å². The van der Waals surface area contributed by atoms with Gasteiger partial charge in [-0.15, -0.1) is 0 Å². The van der Waals surface area contributed by atoms with Crippen molar-refractivity contribution in [2.45, 2.75) is 18.7 Å². The van der Waals surface area contributed by atoms with E-state index >= 15 is 0 Å². The molecule has 156 valence electrons. The lowest BCUT2D eigenvalue weighted by Gasteiger charge is -2.18. The van der Waals surface area contributed by atoms with Crippen LogP contribution >= 0.6 is 15.9 Å². The summed E-state index contributed by atoms with van der Waals surface area (Å²) < 4.78 is 32.1. The molecule has 29 heavy (non-hydrogen) atoms. The summed E-state index contributed by atoms with van der Waals surface area (Å²) in [6.07, 6.45) is 0. The molecule has 1 amide bonds. The third-order valence-electron chi connectivity index (χ3n) is 4.17. The van der Waals surface area contributed by atoms with E-state index in [0.29, 0.717) is 28.7 Å². The standard InChI is InChI=1S/C20H23BrN2O5S/c1-3-23(4-2)29(26,27)16-11-9-15(10-12-16)19(24)22-13-14-28-20(25)17-7-5-6-8-18(17)21/h5-12H,3-4,13-14H2,1-2H3,(H,22,24). The molecule has 0 aliphatic carbocycles. The van der Waals surface area contributed by atoms with Gasteiger partial charge in [0.15, 0.2) is 0 Å². The summed E-state index contributed by atoms with van der Waals surface area (Å²) in [5.74, 6) is -0.869. The molecule has 0 spiro atoms. The van der Waals surface area contributed by atoms with Crippen molar-refractivity contribution in [1.82, 2.24) is 9.62 Å². The van der Waals surface area contributed by atoms with Crippen molar-refractivity contribution in [2.75, 3.05) is 26.2 Å². The van der Waals surface area contributed by atoms with Crippen molar-refractivity contribution in [3.63, 3.8) is 0 Å². The summed E-state index contributed by atoms with van der Waals surface area (Å²) in [5, 5.41) is 2.64. The summed E-state index contributed by atoms with van der Waals surface area (Å²) in [4.78, 5) is 24.3. The predicted octanol–water partition coefficient (Wildman–Crippen LogP) is 3.07. The third-order valence-corrected chi connectivity index (χ3v) is 6.93. The van der Waals surface area contributed by atoms with Gasteiger partial charge in [-0.3, -0.25) is 4.79 Å². The van der Waals surface area contributed by atoms with E-state index in [0.717, 1.165) is 0 Å². The maximum atomic E-state index is 12.5. The number of rotatable bonds is 9. The molecule has 0 aliphatic heterocycles. The monoisotopic (exact) mass is 482 g/mol. The number of ether oxygens (including phenoxy) is 1. The number of sulfonamides is 1. The molecule has 2 rings (SSSR count). The Kier molecular flexibility index (Phi) is 8.36. The number of hydrogen-bond donors (Lipinski definition) is 1. The minimum Gasteiger partial charge on any atom is -0.460 e. The van der Waals surface area contributed by atoms with Crippen LogP contribution in [-0.4, -0.2) is 50.8 Å². The summed E-state index contributed by atoms with van der Waals surface area (Å²) in [7, 11) is -3.56. The third kappa shape index (κ3) is 5.88. The molecule has 0 aromatic heterocycles. The average molecular weight is 483 g/mol. The smallest absolute Gasteiger partial charge is 0.339 e. The Morgan fingerprint density at radius 3 is 2.24 bits per heavy atom. The van der Waals surface area contributed by atoms with Gasteiger partial charge in [-0.05, 0) is 52.3 Å². The molecule has 7 nitrogen and oxygen atoms in total. The Hall–Kier alpha value is -2.23. The lowest BCUT2D eigenvalue weighted by Crippen LogP contribution is -2.31. The second kappa shape index (κ2) is 10.5. The molecule has 0 saturated heterocycles. The zero-order valence-electron chi connectivity index (χ0n) is 16.2. The van der Waals surface area contributed by atoms with Crippen molar-refractivity contribution >= 4 is 37.8 Å². The van der Waals surface area contributed by atoms with Gasteiger partial charge in [0.05, 0.1) is 17.0 Å². The van der Waals surface area contributed by atoms with Crippen LogP contribution in [0, 0.1) is 0 Å². The summed E-state index contributed by atoms with van der Waals surface area (Å²) in [5.41, 5.74) is 0.726. The molecule has 0 saturated carbocycles. The first-order chi connectivity index (χ1) is 13.8. The Morgan fingerprint density at radius 1 is 1.03 bits per heavy atom. The minimum absolute atomic E-state index is 0.0142. The molecule has 1 N–H and O–H groups in total. The average Bonchev–Trinajstić information content (AvgIpc) is 2.72. The van der Waals surface area contributed by atoms with Gasteiger partial charge in [0, 0.05) is 23.1 Å². The van der Waals surface area contributed by atoms with Crippen LogP contribution in [0.25, 0.3) is 0 Å². The molecule has 2 aromatic carbocycles. The number of nitrogens with zero attached hydrogens (tertiary/aromatic N) is 1. The van der Waals surface area contributed by atoms with Gasteiger partial charge in [0.25, 0.3) is 5.91 Å². The number of benzene rings is 2. The molecule has 0 radical (unpaired) electrons. The normalized spacial score (nSPS) is 11.3. The van der Waals surface area contributed by atoms with Crippen molar-refractivity contribution < 1.29 is 22.7 Å². The van der Waals surface area contributed by atoms with E-state index in [2.05, 4.69) is 21.2 Å². The molecule has 0 fully saturated rings. The van der Waals surface area contributed by atoms with E-state index in [1.54, 1.807) is 38.1 Å². The van der Waals surface area contributed by atoms with E-state index < -0.39 is 16.0 Å². The number of hydrogen-bond acceptors (Lipinski definition) is 5. The van der Waals surface area contributed by atoms with Crippen LogP contribution < -0.4 is 5.32 Å². The van der Waals surface area contributed by atoms with Crippen LogP contribution in [0.3, 0.4) is 0 Å². The van der Waals surface area contributed by atoms with Gasteiger partial charge in [-0.2, -0.15) is 4.31 Å². The highest BCUT2D eigenvalue weighted by atomic mass is 79.9. The van der Waals surface area contributed by atoms with Gasteiger partial charge in [-0.25, -0.2) is 13.2 Å². The second-order valence-electron chi connectivity index (χ2n) is 5.99. The number of amides is 1. The Labute approximate surface area is 179 Å². The number of carbonyl (C=O) groups excluding carboxylic acids is 2. The molecule has 0 bridgehead atoms. The highest BCUT2D eigenvalue weighted by Crippen LogP contribution is 2.17. The van der Waals surface area contributed by atoms with E-state index in [1.165, 1.54) is 28.6 Å². The topological polar surface area (TPSA) is 92.8 Å². The van der Waals surface area contributed by atoms with Gasteiger partial charge < -0.3 is 10.1 Å². The first kappa shape index (κ1) is 23.1. The number of carbonyl (C=O) groups is 2. The largest absolute Gasteiger partial charge is 0.460 e. The first-order valence-electron chi connectivity index (χ1n) is 9.11. The van der Waals surface area contributed by atoms with Crippen LogP contribution in [0.4, 0.5) is 0 Å². The zero-order chi connectivity index (χ0) is 21.4. The van der Waals surface area contributed by atoms with E-state index in [-0.39, 0.29) is 24.0 Å². The lowest BCUT2D eigenvalue weighted by atomic mass is 10.2. The Morgan fingerprint density at radius 2 is 1.66 bits per heavy atom. The van der Waals surface area contributed by atoms with Crippen molar-refractivity contribution in [3.05, 3.63) is 64.1 Å². The first-order valence-corrected chi connectivity index (χ1v) is 11.3. The fraction of sp³-hybridized carbons (Fsp3) is 0.300. The minimum atomic E-state index is -3.56. The zero-order valence-corrected chi connectivity index (χ0v) is 18.6. The summed E-state index contributed by atoms with van der Waals surface area (Å²) in [6.45, 7) is 4.44. The summed E-state index contributed by atoms with van der Waals surface area (Å²) in [6, 6.07) is 12.6. The van der Waals surface area contributed by atoms with Crippen LogP contribution in [0.1, 0.15) is 34.6 Å². The van der Waals surface area contributed by atoms with Crippen molar-refractivity contribution in [3.8, 4) is 0 Å². The van der Waals surface area contributed by atoms with Gasteiger partial charge in [0.1, 0.15) is 6.61 Å². The van der Waals surface area contributed by atoms with Gasteiger partial charge in [0.2, 0.25) is 10.0 Å². The van der Waals surface area contributed by atoms with E-state index in [1.807, 2.05) is 0 Å². The fourth-order valence-electron chi connectivity index (χ4n) is 2.61. The van der Waals surface area contributed by atoms with Crippen LogP contribution in [0.2, 0.25) is 0 Å². The lowest BCUT2D eigenvalue weighted by molar-refractivity contribution is 0.0502. The number of halogens is 1. The SMILES string of the molecule is CCN(CC)S(=O)(=O)c1ccc(C(=O)NCCOC(=O)c2ccccc2Br)cc1. The molecule has 2 aromatic rings. The molecule has 0 unspecified atom stereocenters. The maximum Gasteiger partial charge on any atom is 0.339 e. The van der Waals surface area contributed by atoms with Crippen LogP contribution in [-0.2, 0) is 14.8 Å². The fourth-order valence-corrected chi connectivity index (χ4v) is 4.51. The van der Waals surface area contributed by atoms with Crippen molar-refractivity contribution in [1.29, 1.82) is 0 Å². The molecular weight excluding hydrogens is 460 g/mol. The molecule has 0 atom stereocenters. The number of nitrogens with one attached hydrogen (secondary N) is 1. The second-order valence-corrected chi connectivity index (χ2v) is 8.78. The molecule has 0 heterocycles. The van der Waals surface area contributed by atoms with Crippen LogP contribution in [0.5, 0.6) is 0 Å². The molecule has 9 heteroatoms. The molecular formula is C20H23BrN2O5S. The highest BCUT2D eigenvalue weighted by Gasteiger charge is 2.21. The van der Waals surface area contributed by atoms with E-state index in [9.17, 15) is 18.0 Å².